The maximum Gasteiger partial charge on any atom is 0.0245 e. The van der Waals surface area contributed by atoms with Crippen LogP contribution >= 0.6 is 0 Å². The SMILES string of the molecule is CCCCCc1ccc(-c2ccc(C#CC3CCC(CCCC)CC3)cc2)cc1. The van der Waals surface area contributed by atoms with Gasteiger partial charge in [-0.25, -0.2) is 0 Å². The summed E-state index contributed by atoms with van der Waals surface area (Å²) in [7, 11) is 0. The summed E-state index contributed by atoms with van der Waals surface area (Å²) >= 11 is 0. The van der Waals surface area contributed by atoms with Crippen LogP contribution in [-0.2, 0) is 6.42 Å². The van der Waals surface area contributed by atoms with Gasteiger partial charge in [0.15, 0.2) is 0 Å². The average Bonchev–Trinajstić information content (AvgIpc) is 2.78. The van der Waals surface area contributed by atoms with Gasteiger partial charge in [-0.2, -0.15) is 0 Å². The minimum absolute atomic E-state index is 0.604. The van der Waals surface area contributed by atoms with Gasteiger partial charge in [-0.05, 0) is 73.3 Å². The maximum atomic E-state index is 3.56. The van der Waals surface area contributed by atoms with E-state index in [1.54, 1.807) is 0 Å². The normalized spacial score (nSPS) is 18.8. The minimum atomic E-state index is 0.604. The zero-order valence-electron chi connectivity index (χ0n) is 18.6. The van der Waals surface area contributed by atoms with Gasteiger partial charge >= 0.3 is 0 Å². The Morgan fingerprint density at radius 1 is 0.724 bits per heavy atom. The lowest BCUT2D eigenvalue weighted by Gasteiger charge is -2.25. The molecule has 1 saturated carbocycles. The van der Waals surface area contributed by atoms with Crippen molar-refractivity contribution in [3.05, 3.63) is 59.7 Å². The van der Waals surface area contributed by atoms with Gasteiger partial charge in [0.05, 0.1) is 0 Å². The van der Waals surface area contributed by atoms with Crippen LogP contribution in [0.5, 0.6) is 0 Å². The molecule has 0 N–H and O–H groups in total. The van der Waals surface area contributed by atoms with Crippen molar-refractivity contribution in [2.24, 2.45) is 11.8 Å². The molecule has 3 rings (SSSR count). The van der Waals surface area contributed by atoms with E-state index in [-0.39, 0.29) is 0 Å². The third-order valence-corrected chi connectivity index (χ3v) is 6.47. The summed E-state index contributed by atoms with van der Waals surface area (Å²) in [6.07, 6.45) is 14.6. The smallest absolute Gasteiger partial charge is 0.0245 e. The zero-order chi connectivity index (χ0) is 20.3. The molecule has 0 heterocycles. The second-order valence-corrected chi connectivity index (χ2v) is 8.86. The van der Waals surface area contributed by atoms with Crippen molar-refractivity contribution in [2.45, 2.75) is 84.5 Å². The molecule has 0 atom stereocenters. The second-order valence-electron chi connectivity index (χ2n) is 8.86. The highest BCUT2D eigenvalue weighted by Crippen LogP contribution is 2.31. The zero-order valence-corrected chi connectivity index (χ0v) is 18.6. The highest BCUT2D eigenvalue weighted by molar-refractivity contribution is 5.64. The molecule has 0 aliphatic heterocycles. The van der Waals surface area contributed by atoms with E-state index in [1.165, 1.54) is 87.3 Å². The van der Waals surface area contributed by atoms with Gasteiger partial charge < -0.3 is 0 Å². The van der Waals surface area contributed by atoms with Crippen molar-refractivity contribution < 1.29 is 0 Å². The van der Waals surface area contributed by atoms with Gasteiger partial charge in [0.25, 0.3) is 0 Å². The summed E-state index contributed by atoms with van der Waals surface area (Å²) in [6, 6.07) is 17.9. The van der Waals surface area contributed by atoms with Crippen LogP contribution in [-0.4, -0.2) is 0 Å². The van der Waals surface area contributed by atoms with Crippen LogP contribution in [0.3, 0.4) is 0 Å². The summed E-state index contributed by atoms with van der Waals surface area (Å²) in [6.45, 7) is 4.56. The molecular weight excluding hydrogens is 348 g/mol. The Morgan fingerprint density at radius 2 is 1.34 bits per heavy atom. The lowest BCUT2D eigenvalue weighted by Crippen LogP contribution is -2.13. The predicted molar refractivity (Wildman–Crippen MR) is 127 cm³/mol. The van der Waals surface area contributed by atoms with Crippen molar-refractivity contribution in [1.29, 1.82) is 0 Å². The molecule has 0 nitrogen and oxygen atoms in total. The molecular formula is C29H38. The topological polar surface area (TPSA) is 0 Å². The van der Waals surface area contributed by atoms with Crippen LogP contribution in [0.1, 0.15) is 89.2 Å². The Bertz CT molecular complexity index is 762. The van der Waals surface area contributed by atoms with E-state index < -0.39 is 0 Å². The van der Waals surface area contributed by atoms with Crippen LogP contribution in [0.2, 0.25) is 0 Å². The third-order valence-electron chi connectivity index (χ3n) is 6.47. The summed E-state index contributed by atoms with van der Waals surface area (Å²) in [5.41, 5.74) is 5.19. The molecule has 0 amide bonds. The minimum Gasteiger partial charge on any atom is -0.0945 e. The lowest BCUT2D eigenvalue weighted by atomic mass is 9.80. The molecule has 1 aliphatic carbocycles. The van der Waals surface area contributed by atoms with Crippen LogP contribution in [0.4, 0.5) is 0 Å². The Kier molecular flexibility index (Phi) is 8.88. The van der Waals surface area contributed by atoms with Crippen molar-refractivity contribution >= 4 is 0 Å². The molecule has 2 aromatic carbocycles. The van der Waals surface area contributed by atoms with Gasteiger partial charge in [-0.1, -0.05) is 94.2 Å². The molecule has 0 radical (unpaired) electrons. The molecule has 0 saturated heterocycles. The molecule has 154 valence electrons. The molecule has 0 bridgehead atoms. The van der Waals surface area contributed by atoms with Crippen LogP contribution in [0.15, 0.2) is 48.5 Å². The molecule has 2 aromatic rings. The van der Waals surface area contributed by atoms with Crippen LogP contribution in [0.25, 0.3) is 11.1 Å². The molecule has 1 fully saturated rings. The Labute approximate surface area is 179 Å². The van der Waals surface area contributed by atoms with E-state index in [2.05, 4.69) is 74.2 Å². The first-order valence-corrected chi connectivity index (χ1v) is 12.0. The number of aryl methyl sites for hydroxylation is 1. The van der Waals surface area contributed by atoms with Crippen molar-refractivity contribution in [3.63, 3.8) is 0 Å². The number of benzene rings is 2. The highest BCUT2D eigenvalue weighted by atomic mass is 14.2. The average molecular weight is 387 g/mol. The monoisotopic (exact) mass is 386 g/mol. The predicted octanol–water partition coefficient (Wildman–Crippen LogP) is 8.43. The Hall–Kier alpha value is -2.00. The van der Waals surface area contributed by atoms with Gasteiger partial charge in [0.1, 0.15) is 0 Å². The number of hydrogen-bond acceptors (Lipinski definition) is 0. The molecule has 0 aromatic heterocycles. The van der Waals surface area contributed by atoms with Gasteiger partial charge in [0.2, 0.25) is 0 Å². The molecule has 0 spiro atoms. The van der Waals surface area contributed by atoms with Crippen molar-refractivity contribution in [1.82, 2.24) is 0 Å². The first-order valence-electron chi connectivity index (χ1n) is 12.0. The first kappa shape index (κ1) is 21.7. The van der Waals surface area contributed by atoms with Gasteiger partial charge in [0, 0.05) is 11.5 Å². The van der Waals surface area contributed by atoms with Crippen LogP contribution in [0, 0.1) is 23.7 Å². The van der Waals surface area contributed by atoms with Crippen molar-refractivity contribution in [3.8, 4) is 23.0 Å². The highest BCUT2D eigenvalue weighted by Gasteiger charge is 2.19. The van der Waals surface area contributed by atoms with E-state index in [4.69, 9.17) is 0 Å². The van der Waals surface area contributed by atoms with Crippen molar-refractivity contribution in [2.75, 3.05) is 0 Å². The fourth-order valence-corrected chi connectivity index (χ4v) is 4.46. The van der Waals surface area contributed by atoms with Gasteiger partial charge in [-0.15, -0.1) is 0 Å². The van der Waals surface area contributed by atoms with E-state index in [0.717, 1.165) is 11.5 Å². The fourth-order valence-electron chi connectivity index (χ4n) is 4.46. The maximum absolute atomic E-state index is 3.56. The van der Waals surface area contributed by atoms with Gasteiger partial charge in [-0.3, -0.25) is 0 Å². The van der Waals surface area contributed by atoms with E-state index in [0.29, 0.717) is 5.92 Å². The molecule has 29 heavy (non-hydrogen) atoms. The Balaban J connectivity index is 1.51. The standard InChI is InChI=1S/C29H38/c1-3-5-7-9-25-16-20-28(21-17-25)29-22-18-27(19-23-29)15-14-26-12-10-24(11-13-26)8-6-4-2/h16-24,26H,3-13H2,1-2H3. The second kappa shape index (κ2) is 11.9. The van der Waals surface area contributed by atoms with E-state index >= 15 is 0 Å². The lowest BCUT2D eigenvalue weighted by molar-refractivity contribution is 0.296. The molecule has 0 unspecified atom stereocenters. The largest absolute Gasteiger partial charge is 0.0945 e. The quantitative estimate of drug-likeness (QED) is 0.315. The van der Waals surface area contributed by atoms with E-state index in [9.17, 15) is 0 Å². The summed E-state index contributed by atoms with van der Waals surface area (Å²) in [4.78, 5) is 0. The summed E-state index contributed by atoms with van der Waals surface area (Å²) < 4.78 is 0. The summed E-state index contributed by atoms with van der Waals surface area (Å²) in [5, 5.41) is 0. The number of hydrogen-bond donors (Lipinski definition) is 0. The number of unbranched alkanes of at least 4 members (excludes halogenated alkanes) is 3. The molecule has 1 aliphatic rings. The molecule has 0 heteroatoms. The van der Waals surface area contributed by atoms with E-state index in [1.807, 2.05) is 0 Å². The van der Waals surface area contributed by atoms with Crippen LogP contribution < -0.4 is 0 Å². The number of rotatable bonds is 8. The first-order chi connectivity index (χ1) is 14.3. The third kappa shape index (κ3) is 7.08. The summed E-state index contributed by atoms with van der Waals surface area (Å²) in [5.74, 6) is 8.56. The Morgan fingerprint density at radius 3 is 1.97 bits per heavy atom. The fraction of sp³-hybridized carbons (Fsp3) is 0.517.